The molecule has 0 saturated heterocycles. The van der Waals surface area contributed by atoms with Crippen molar-refractivity contribution in [2.75, 3.05) is 5.73 Å². The number of rotatable bonds is 3. The highest BCUT2D eigenvalue weighted by Crippen LogP contribution is 2.28. The molecule has 0 amide bonds. The van der Waals surface area contributed by atoms with Gasteiger partial charge in [0, 0.05) is 16.3 Å². The quantitative estimate of drug-likeness (QED) is 0.754. The molecule has 1 unspecified atom stereocenters. The molecule has 1 heterocycles. The highest BCUT2D eigenvalue weighted by atomic mass is 35.5. The molecule has 2 aromatic carbocycles. The van der Waals surface area contributed by atoms with E-state index in [0.717, 1.165) is 11.1 Å². The zero-order chi connectivity index (χ0) is 14.8. The maximum Gasteiger partial charge on any atom is 0.184 e. The predicted octanol–water partition coefficient (Wildman–Crippen LogP) is 3.19. The van der Waals surface area contributed by atoms with Crippen molar-refractivity contribution in [3.8, 4) is 11.4 Å². The molecule has 0 bridgehead atoms. The Hall–Kier alpha value is -2.40. The fourth-order valence-corrected chi connectivity index (χ4v) is 2.44. The summed E-state index contributed by atoms with van der Waals surface area (Å²) in [6.07, 6.45) is 0. The summed E-state index contributed by atoms with van der Waals surface area (Å²) >= 11 is 6.05. The van der Waals surface area contributed by atoms with Gasteiger partial charge in [-0.25, -0.2) is 4.68 Å². The first kappa shape index (κ1) is 13.6. The molecule has 2 N–H and O–H groups in total. The van der Waals surface area contributed by atoms with Crippen molar-refractivity contribution < 1.29 is 0 Å². The molecule has 0 aliphatic carbocycles. The van der Waals surface area contributed by atoms with Crippen LogP contribution in [0.5, 0.6) is 0 Å². The summed E-state index contributed by atoms with van der Waals surface area (Å²) in [5.74, 6) is 0.639. The molecule has 3 aromatic rings. The van der Waals surface area contributed by atoms with Crippen LogP contribution < -0.4 is 5.73 Å². The zero-order valence-corrected chi connectivity index (χ0v) is 12.2. The fourth-order valence-electron chi connectivity index (χ4n) is 2.24. The Morgan fingerprint density at radius 3 is 2.71 bits per heavy atom. The summed E-state index contributed by atoms with van der Waals surface area (Å²) in [7, 11) is 0. The van der Waals surface area contributed by atoms with Crippen molar-refractivity contribution in [2.45, 2.75) is 13.0 Å². The van der Waals surface area contributed by atoms with E-state index in [4.69, 9.17) is 17.3 Å². The molecular formula is C15H14ClN5. The summed E-state index contributed by atoms with van der Waals surface area (Å²) in [6.45, 7) is 2.02. The number of hydrogen-bond acceptors (Lipinski definition) is 4. The molecule has 3 rings (SSSR count). The van der Waals surface area contributed by atoms with E-state index < -0.39 is 0 Å². The van der Waals surface area contributed by atoms with E-state index in [2.05, 4.69) is 15.5 Å². The van der Waals surface area contributed by atoms with E-state index in [9.17, 15) is 0 Å². The highest BCUT2D eigenvalue weighted by molar-refractivity contribution is 6.30. The standard InChI is InChI=1S/C15H14ClN5/c1-10(11-5-4-6-12(16)9-11)21-15(18-19-20-21)13-7-2-3-8-14(13)17/h2-10H,17H2,1H3. The minimum absolute atomic E-state index is 0.0479. The van der Waals surface area contributed by atoms with Gasteiger partial charge in [-0.1, -0.05) is 35.9 Å². The molecule has 5 nitrogen and oxygen atoms in total. The minimum atomic E-state index is -0.0479. The molecule has 6 heteroatoms. The molecule has 21 heavy (non-hydrogen) atoms. The number of nitrogens with two attached hydrogens (primary N) is 1. The van der Waals surface area contributed by atoms with E-state index in [0.29, 0.717) is 16.5 Å². The topological polar surface area (TPSA) is 69.6 Å². The SMILES string of the molecule is CC(c1cccc(Cl)c1)n1nnnc1-c1ccccc1N. The first-order valence-electron chi connectivity index (χ1n) is 6.55. The van der Waals surface area contributed by atoms with Crippen LogP contribution in [0.1, 0.15) is 18.5 Å². The van der Waals surface area contributed by atoms with Crippen LogP contribution in [0.4, 0.5) is 5.69 Å². The van der Waals surface area contributed by atoms with E-state index >= 15 is 0 Å². The van der Waals surface area contributed by atoms with Crippen LogP contribution in [0, 0.1) is 0 Å². The van der Waals surface area contributed by atoms with Crippen LogP contribution in [0.15, 0.2) is 48.5 Å². The van der Waals surface area contributed by atoms with Gasteiger partial charge < -0.3 is 5.73 Å². The van der Waals surface area contributed by atoms with Gasteiger partial charge in [-0.15, -0.1) is 5.10 Å². The Balaban J connectivity index is 2.05. The first-order chi connectivity index (χ1) is 10.2. The smallest absolute Gasteiger partial charge is 0.184 e. The maximum atomic E-state index is 6.05. The van der Waals surface area contributed by atoms with Gasteiger partial charge in [0.1, 0.15) is 0 Å². The summed E-state index contributed by atoms with van der Waals surface area (Å²) in [5.41, 5.74) is 8.51. The second kappa shape index (κ2) is 5.54. The lowest BCUT2D eigenvalue weighted by Crippen LogP contribution is -2.11. The van der Waals surface area contributed by atoms with Crippen molar-refractivity contribution >= 4 is 17.3 Å². The van der Waals surface area contributed by atoms with Crippen molar-refractivity contribution in [2.24, 2.45) is 0 Å². The molecule has 0 aliphatic heterocycles. The van der Waals surface area contributed by atoms with Crippen molar-refractivity contribution in [1.82, 2.24) is 20.2 Å². The Kier molecular flexibility index (Phi) is 3.58. The predicted molar refractivity (Wildman–Crippen MR) is 82.9 cm³/mol. The van der Waals surface area contributed by atoms with Crippen molar-refractivity contribution in [3.63, 3.8) is 0 Å². The normalized spacial score (nSPS) is 12.3. The third kappa shape index (κ3) is 2.60. The largest absolute Gasteiger partial charge is 0.398 e. The number of benzene rings is 2. The van der Waals surface area contributed by atoms with E-state index in [-0.39, 0.29) is 6.04 Å². The monoisotopic (exact) mass is 299 g/mol. The number of nitrogen functional groups attached to an aromatic ring is 1. The van der Waals surface area contributed by atoms with Gasteiger partial charge in [0.05, 0.1) is 6.04 Å². The molecule has 0 fully saturated rings. The molecule has 1 atom stereocenters. The van der Waals surface area contributed by atoms with Gasteiger partial charge >= 0.3 is 0 Å². The number of aromatic nitrogens is 4. The molecule has 1 aromatic heterocycles. The van der Waals surface area contributed by atoms with Gasteiger partial charge in [0.2, 0.25) is 0 Å². The summed E-state index contributed by atoms with van der Waals surface area (Å²) in [5, 5.41) is 12.7. The summed E-state index contributed by atoms with van der Waals surface area (Å²) < 4.78 is 1.75. The van der Waals surface area contributed by atoms with Gasteiger partial charge in [0.25, 0.3) is 0 Å². The third-order valence-corrected chi connectivity index (χ3v) is 3.63. The lowest BCUT2D eigenvalue weighted by Gasteiger charge is -2.14. The summed E-state index contributed by atoms with van der Waals surface area (Å²) in [4.78, 5) is 0. The van der Waals surface area contributed by atoms with Crippen LogP contribution in [-0.2, 0) is 0 Å². The highest BCUT2D eigenvalue weighted by Gasteiger charge is 2.17. The van der Waals surface area contributed by atoms with E-state index in [1.807, 2.05) is 55.5 Å². The van der Waals surface area contributed by atoms with Crippen LogP contribution >= 0.6 is 11.6 Å². The molecule has 0 radical (unpaired) electrons. The molecule has 106 valence electrons. The van der Waals surface area contributed by atoms with Gasteiger partial charge in [-0.2, -0.15) is 0 Å². The lowest BCUT2D eigenvalue weighted by atomic mass is 10.1. The maximum absolute atomic E-state index is 6.05. The second-order valence-corrected chi connectivity index (χ2v) is 5.20. The Morgan fingerprint density at radius 1 is 1.14 bits per heavy atom. The van der Waals surface area contributed by atoms with Crippen LogP contribution in [0.3, 0.4) is 0 Å². The fraction of sp³-hybridized carbons (Fsp3) is 0.133. The van der Waals surface area contributed by atoms with Crippen LogP contribution in [-0.4, -0.2) is 20.2 Å². The number of hydrogen-bond donors (Lipinski definition) is 1. The van der Waals surface area contributed by atoms with Gasteiger partial charge in [-0.05, 0) is 47.2 Å². The van der Waals surface area contributed by atoms with Gasteiger partial charge in [0.15, 0.2) is 5.82 Å². The number of anilines is 1. The first-order valence-corrected chi connectivity index (χ1v) is 6.93. The molecular weight excluding hydrogens is 286 g/mol. The number of tetrazole rings is 1. The summed E-state index contributed by atoms with van der Waals surface area (Å²) in [6, 6.07) is 15.1. The number of nitrogens with zero attached hydrogens (tertiary/aromatic N) is 4. The Morgan fingerprint density at radius 2 is 1.95 bits per heavy atom. The van der Waals surface area contributed by atoms with Gasteiger partial charge in [-0.3, -0.25) is 0 Å². The van der Waals surface area contributed by atoms with Crippen molar-refractivity contribution in [3.05, 3.63) is 59.1 Å². The average Bonchev–Trinajstić information content (AvgIpc) is 2.96. The van der Waals surface area contributed by atoms with Crippen molar-refractivity contribution in [1.29, 1.82) is 0 Å². The Labute approximate surface area is 127 Å². The molecule has 0 aliphatic rings. The average molecular weight is 300 g/mol. The molecule has 0 saturated carbocycles. The van der Waals surface area contributed by atoms with E-state index in [1.165, 1.54) is 0 Å². The van der Waals surface area contributed by atoms with Crippen LogP contribution in [0.25, 0.3) is 11.4 Å². The number of para-hydroxylation sites is 1. The minimum Gasteiger partial charge on any atom is -0.398 e. The third-order valence-electron chi connectivity index (χ3n) is 3.39. The lowest BCUT2D eigenvalue weighted by molar-refractivity contribution is 0.548. The second-order valence-electron chi connectivity index (χ2n) is 4.77. The number of halogens is 1. The Bertz CT molecular complexity index is 768. The zero-order valence-electron chi connectivity index (χ0n) is 11.4. The van der Waals surface area contributed by atoms with Crippen LogP contribution in [0.2, 0.25) is 5.02 Å². The van der Waals surface area contributed by atoms with E-state index in [1.54, 1.807) is 4.68 Å². The molecule has 0 spiro atoms.